The van der Waals surface area contributed by atoms with Crippen LogP contribution in [0.1, 0.15) is 41.5 Å². The third-order valence-electron chi connectivity index (χ3n) is 2.52. The number of nitrogens with one attached hydrogen (secondary N) is 1. The lowest BCUT2D eigenvalue weighted by Crippen LogP contribution is -2.33. The fraction of sp³-hybridized carbons (Fsp3) is 0.667. The van der Waals surface area contributed by atoms with Crippen molar-refractivity contribution in [3.63, 3.8) is 0 Å². The number of aromatic nitrogens is 1. The second-order valence-corrected chi connectivity index (χ2v) is 6.35. The van der Waals surface area contributed by atoms with E-state index in [9.17, 15) is 0 Å². The van der Waals surface area contributed by atoms with Crippen LogP contribution in [0.4, 0.5) is 11.5 Å². The molecular weight excluding hydrogens is 254 g/mol. The molecule has 1 aromatic heterocycles. The summed E-state index contributed by atoms with van der Waals surface area (Å²) in [5, 5.41) is 3.25. The molecule has 0 amide bonds. The fourth-order valence-corrected chi connectivity index (χ4v) is 1.67. The lowest BCUT2D eigenvalue weighted by Gasteiger charge is -2.26. The average Bonchev–Trinajstić information content (AvgIpc) is 2.28. The Morgan fingerprint density at radius 1 is 1.20 bits per heavy atom. The number of rotatable bonds is 6. The van der Waals surface area contributed by atoms with E-state index in [0.29, 0.717) is 24.7 Å². The zero-order valence-corrected chi connectivity index (χ0v) is 13.4. The fourth-order valence-electron chi connectivity index (χ4n) is 1.67. The van der Waals surface area contributed by atoms with Gasteiger partial charge >= 0.3 is 0 Å². The monoisotopic (exact) mass is 281 g/mol. The maximum absolute atomic E-state index is 5.89. The smallest absolute Gasteiger partial charge is 0.239 e. The van der Waals surface area contributed by atoms with Gasteiger partial charge < -0.3 is 20.5 Å². The molecule has 0 fully saturated rings. The highest BCUT2D eigenvalue weighted by Crippen LogP contribution is 2.25. The number of anilines is 2. The van der Waals surface area contributed by atoms with Gasteiger partial charge in [0.2, 0.25) is 5.88 Å². The molecule has 0 bridgehead atoms. The molecule has 1 aromatic rings. The minimum absolute atomic E-state index is 0.247. The van der Waals surface area contributed by atoms with Gasteiger partial charge in [-0.05, 0) is 53.7 Å². The minimum atomic E-state index is -0.329. The molecule has 0 atom stereocenters. The number of ether oxygens (including phenoxy) is 2. The number of hydrogen-bond acceptors (Lipinski definition) is 5. The molecule has 0 spiro atoms. The maximum Gasteiger partial charge on any atom is 0.239 e. The highest BCUT2D eigenvalue weighted by Gasteiger charge is 2.19. The van der Waals surface area contributed by atoms with Crippen molar-refractivity contribution < 1.29 is 9.47 Å². The van der Waals surface area contributed by atoms with Crippen molar-refractivity contribution in [1.29, 1.82) is 0 Å². The molecule has 20 heavy (non-hydrogen) atoms. The van der Waals surface area contributed by atoms with E-state index in [1.165, 1.54) is 0 Å². The Morgan fingerprint density at radius 3 is 2.40 bits per heavy atom. The molecule has 0 unspecified atom stereocenters. The molecule has 0 aliphatic heterocycles. The van der Waals surface area contributed by atoms with Crippen molar-refractivity contribution in [2.24, 2.45) is 0 Å². The summed E-state index contributed by atoms with van der Waals surface area (Å²) in [6.45, 7) is 13.3. The van der Waals surface area contributed by atoms with Crippen LogP contribution < -0.4 is 15.8 Å². The SMILES string of the molecule is CCOC(C)(C)CNc1ccc(N)c(OC(C)(C)C)n1. The molecule has 1 heterocycles. The summed E-state index contributed by atoms with van der Waals surface area (Å²) in [4.78, 5) is 4.41. The molecule has 1 rings (SSSR count). The largest absolute Gasteiger partial charge is 0.470 e. The van der Waals surface area contributed by atoms with Gasteiger partial charge in [-0.25, -0.2) is 0 Å². The molecule has 0 aliphatic rings. The predicted molar refractivity (Wildman–Crippen MR) is 83.2 cm³/mol. The van der Waals surface area contributed by atoms with Crippen LogP contribution in [-0.2, 0) is 4.74 Å². The van der Waals surface area contributed by atoms with E-state index in [0.717, 1.165) is 5.82 Å². The van der Waals surface area contributed by atoms with Crippen LogP contribution in [-0.4, -0.2) is 29.3 Å². The Labute approximate surface area is 121 Å². The first-order valence-corrected chi connectivity index (χ1v) is 6.96. The van der Waals surface area contributed by atoms with Crippen molar-refractivity contribution in [3.8, 4) is 5.88 Å². The van der Waals surface area contributed by atoms with Gasteiger partial charge in [0, 0.05) is 13.2 Å². The van der Waals surface area contributed by atoms with Crippen molar-refractivity contribution in [1.82, 2.24) is 4.98 Å². The topological polar surface area (TPSA) is 69.4 Å². The highest BCUT2D eigenvalue weighted by atomic mass is 16.5. The van der Waals surface area contributed by atoms with Gasteiger partial charge in [-0.15, -0.1) is 0 Å². The first-order chi connectivity index (χ1) is 9.13. The Hall–Kier alpha value is -1.49. The minimum Gasteiger partial charge on any atom is -0.470 e. The molecule has 0 aliphatic carbocycles. The predicted octanol–water partition coefficient (Wildman–Crippen LogP) is 3.07. The van der Waals surface area contributed by atoms with Crippen molar-refractivity contribution in [2.75, 3.05) is 24.2 Å². The second-order valence-electron chi connectivity index (χ2n) is 6.35. The zero-order chi connectivity index (χ0) is 15.4. The van der Waals surface area contributed by atoms with Crippen molar-refractivity contribution in [2.45, 2.75) is 52.7 Å². The number of hydrogen-bond donors (Lipinski definition) is 2. The summed E-state index contributed by atoms with van der Waals surface area (Å²) in [5.41, 5.74) is 5.85. The van der Waals surface area contributed by atoms with E-state index >= 15 is 0 Å². The summed E-state index contributed by atoms with van der Waals surface area (Å²) < 4.78 is 11.4. The Balaban J connectivity index is 2.75. The average molecular weight is 281 g/mol. The van der Waals surface area contributed by atoms with Crippen LogP contribution in [0.5, 0.6) is 5.88 Å². The van der Waals surface area contributed by atoms with Crippen LogP contribution >= 0.6 is 0 Å². The third-order valence-corrected chi connectivity index (χ3v) is 2.52. The van der Waals surface area contributed by atoms with E-state index < -0.39 is 0 Å². The number of pyridine rings is 1. The molecule has 0 saturated carbocycles. The van der Waals surface area contributed by atoms with Crippen LogP contribution in [0.2, 0.25) is 0 Å². The van der Waals surface area contributed by atoms with Gasteiger partial charge in [0.15, 0.2) is 0 Å². The van der Waals surface area contributed by atoms with Gasteiger partial charge in [0.05, 0.1) is 11.3 Å². The summed E-state index contributed by atoms with van der Waals surface area (Å²) in [6.07, 6.45) is 0. The van der Waals surface area contributed by atoms with Gasteiger partial charge in [-0.3, -0.25) is 0 Å². The lowest BCUT2D eigenvalue weighted by atomic mass is 10.1. The van der Waals surface area contributed by atoms with E-state index in [1.54, 1.807) is 6.07 Å². The van der Waals surface area contributed by atoms with E-state index in [1.807, 2.05) is 47.6 Å². The molecule has 5 heteroatoms. The first-order valence-electron chi connectivity index (χ1n) is 6.96. The maximum atomic E-state index is 5.89. The molecule has 0 aromatic carbocycles. The number of nitrogens with two attached hydrogens (primary N) is 1. The van der Waals surface area contributed by atoms with E-state index in [4.69, 9.17) is 15.2 Å². The van der Waals surface area contributed by atoms with Gasteiger partial charge in [-0.2, -0.15) is 4.98 Å². The molecule has 114 valence electrons. The van der Waals surface area contributed by atoms with Crippen molar-refractivity contribution in [3.05, 3.63) is 12.1 Å². The summed E-state index contributed by atoms with van der Waals surface area (Å²) in [6, 6.07) is 3.64. The zero-order valence-electron chi connectivity index (χ0n) is 13.4. The van der Waals surface area contributed by atoms with Gasteiger partial charge in [0.1, 0.15) is 11.4 Å². The number of nitrogens with zero attached hydrogens (tertiary/aromatic N) is 1. The summed E-state index contributed by atoms with van der Waals surface area (Å²) >= 11 is 0. The lowest BCUT2D eigenvalue weighted by molar-refractivity contribution is 0.000618. The third kappa shape index (κ3) is 5.65. The Bertz CT molecular complexity index is 439. The van der Waals surface area contributed by atoms with E-state index in [-0.39, 0.29) is 11.2 Å². The molecule has 5 nitrogen and oxygen atoms in total. The molecule has 3 N–H and O–H groups in total. The quantitative estimate of drug-likeness (QED) is 0.838. The summed E-state index contributed by atoms with van der Waals surface area (Å²) in [7, 11) is 0. The Kier molecular flexibility index (Phi) is 5.22. The standard InChI is InChI=1S/C15H27N3O2/c1-7-19-15(5,6)10-17-12-9-8-11(16)13(18-12)20-14(2,3)4/h8-9H,7,10,16H2,1-6H3,(H,17,18). The van der Waals surface area contributed by atoms with Crippen LogP contribution in [0.25, 0.3) is 0 Å². The van der Waals surface area contributed by atoms with Gasteiger partial charge in [0.25, 0.3) is 0 Å². The second kappa shape index (κ2) is 6.31. The van der Waals surface area contributed by atoms with E-state index in [2.05, 4.69) is 10.3 Å². The van der Waals surface area contributed by atoms with Crippen LogP contribution in [0.15, 0.2) is 12.1 Å². The van der Waals surface area contributed by atoms with Gasteiger partial charge in [-0.1, -0.05) is 0 Å². The van der Waals surface area contributed by atoms with Crippen LogP contribution in [0, 0.1) is 0 Å². The van der Waals surface area contributed by atoms with Crippen molar-refractivity contribution >= 4 is 11.5 Å². The number of nitrogen functional groups attached to an aromatic ring is 1. The highest BCUT2D eigenvalue weighted by molar-refractivity contribution is 5.53. The van der Waals surface area contributed by atoms with Crippen LogP contribution in [0.3, 0.4) is 0 Å². The molecule has 0 radical (unpaired) electrons. The normalized spacial score (nSPS) is 12.3. The first kappa shape index (κ1) is 16.6. The molecular formula is C15H27N3O2. The summed E-state index contributed by atoms with van der Waals surface area (Å²) in [5.74, 6) is 1.18. The molecule has 0 saturated heterocycles. The Morgan fingerprint density at radius 2 is 1.85 bits per heavy atom.